The van der Waals surface area contributed by atoms with Crippen molar-refractivity contribution in [3.05, 3.63) is 29.3 Å². The molecule has 0 spiro atoms. The minimum absolute atomic E-state index is 0.608. The molecular weight excluding hydrogens is 256 g/mol. The summed E-state index contributed by atoms with van der Waals surface area (Å²) in [7, 11) is 0. The lowest BCUT2D eigenvalue weighted by atomic mass is 10.1. The Morgan fingerprint density at radius 1 is 1.13 bits per heavy atom. The lowest BCUT2D eigenvalue weighted by molar-refractivity contribution is 0.112. The van der Waals surface area contributed by atoms with Gasteiger partial charge in [0.05, 0.1) is 13.2 Å². The molecular formula is C12H17BrO2. The molecule has 3 heteroatoms. The molecule has 0 aliphatic rings. The topological polar surface area (TPSA) is 18.5 Å². The Balaban J connectivity index is 2.33. The van der Waals surface area contributed by atoms with Crippen LogP contribution in [0.5, 0.6) is 5.75 Å². The van der Waals surface area contributed by atoms with Gasteiger partial charge in [-0.1, -0.05) is 28.1 Å². The van der Waals surface area contributed by atoms with E-state index in [2.05, 4.69) is 41.1 Å². The van der Waals surface area contributed by atoms with Crippen LogP contribution in [0.2, 0.25) is 0 Å². The maximum atomic E-state index is 5.62. The highest BCUT2D eigenvalue weighted by Gasteiger charge is 1.99. The molecule has 0 unspecified atom stereocenters. The van der Waals surface area contributed by atoms with E-state index in [4.69, 9.17) is 9.47 Å². The first-order chi connectivity index (χ1) is 7.24. The zero-order chi connectivity index (χ0) is 11.1. The van der Waals surface area contributed by atoms with Crippen molar-refractivity contribution in [3.8, 4) is 5.75 Å². The maximum absolute atomic E-state index is 5.62. The number of benzene rings is 1. The van der Waals surface area contributed by atoms with E-state index in [9.17, 15) is 0 Å². The highest BCUT2D eigenvalue weighted by molar-refractivity contribution is 9.09. The first-order valence-corrected chi connectivity index (χ1v) is 6.20. The van der Waals surface area contributed by atoms with Crippen LogP contribution in [0, 0.1) is 13.8 Å². The van der Waals surface area contributed by atoms with Crippen LogP contribution in [0.25, 0.3) is 0 Å². The van der Waals surface area contributed by atoms with Crippen LogP contribution in [0.15, 0.2) is 18.2 Å². The minimum Gasteiger partial charge on any atom is -0.491 e. The number of aryl methyl sites for hydroxylation is 2. The summed E-state index contributed by atoms with van der Waals surface area (Å²) < 4.78 is 10.9. The molecule has 15 heavy (non-hydrogen) atoms. The molecule has 0 radical (unpaired) electrons. The van der Waals surface area contributed by atoms with Gasteiger partial charge >= 0.3 is 0 Å². The summed E-state index contributed by atoms with van der Waals surface area (Å²) in [5.74, 6) is 0.956. The first-order valence-electron chi connectivity index (χ1n) is 5.08. The van der Waals surface area contributed by atoms with Gasteiger partial charge in [0.2, 0.25) is 0 Å². The van der Waals surface area contributed by atoms with Crippen molar-refractivity contribution in [3.63, 3.8) is 0 Å². The van der Waals surface area contributed by atoms with E-state index in [0.29, 0.717) is 13.2 Å². The minimum atomic E-state index is 0.608. The SMILES string of the molecule is Cc1ccc(C)c(OCCOCCBr)c1. The maximum Gasteiger partial charge on any atom is 0.122 e. The van der Waals surface area contributed by atoms with Gasteiger partial charge in [0.25, 0.3) is 0 Å². The van der Waals surface area contributed by atoms with E-state index in [1.807, 2.05) is 6.92 Å². The van der Waals surface area contributed by atoms with E-state index in [-0.39, 0.29) is 0 Å². The first kappa shape index (κ1) is 12.5. The average Bonchev–Trinajstić information content (AvgIpc) is 2.23. The fourth-order valence-electron chi connectivity index (χ4n) is 1.23. The van der Waals surface area contributed by atoms with Crippen LogP contribution in [0.1, 0.15) is 11.1 Å². The largest absolute Gasteiger partial charge is 0.491 e. The van der Waals surface area contributed by atoms with Gasteiger partial charge < -0.3 is 9.47 Å². The summed E-state index contributed by atoms with van der Waals surface area (Å²) in [5, 5.41) is 0.872. The van der Waals surface area contributed by atoms with E-state index >= 15 is 0 Å². The number of rotatable bonds is 6. The second-order valence-electron chi connectivity index (χ2n) is 3.42. The zero-order valence-corrected chi connectivity index (χ0v) is 10.8. The molecule has 0 atom stereocenters. The predicted molar refractivity (Wildman–Crippen MR) is 66.0 cm³/mol. The van der Waals surface area contributed by atoms with Gasteiger partial charge in [-0.15, -0.1) is 0 Å². The highest BCUT2D eigenvalue weighted by atomic mass is 79.9. The third-order valence-corrected chi connectivity index (χ3v) is 2.37. The molecule has 0 fully saturated rings. The average molecular weight is 273 g/mol. The van der Waals surface area contributed by atoms with Gasteiger partial charge in [0.15, 0.2) is 0 Å². The van der Waals surface area contributed by atoms with Gasteiger partial charge in [0.1, 0.15) is 12.4 Å². The number of hydrogen-bond donors (Lipinski definition) is 0. The summed E-state index contributed by atoms with van der Waals surface area (Å²) >= 11 is 3.30. The Bertz CT molecular complexity index is 300. The third kappa shape index (κ3) is 4.67. The lowest BCUT2D eigenvalue weighted by Gasteiger charge is -2.09. The Kier molecular flexibility index (Phi) is 5.73. The van der Waals surface area contributed by atoms with E-state index in [1.54, 1.807) is 0 Å². The second kappa shape index (κ2) is 6.85. The van der Waals surface area contributed by atoms with Crippen molar-refractivity contribution in [1.29, 1.82) is 0 Å². The Hall–Kier alpha value is -0.540. The molecule has 0 aliphatic heterocycles. The van der Waals surface area contributed by atoms with Gasteiger partial charge in [-0.05, 0) is 31.0 Å². The predicted octanol–water partition coefficient (Wildman–Crippen LogP) is 3.09. The van der Waals surface area contributed by atoms with Crippen molar-refractivity contribution in [1.82, 2.24) is 0 Å². The highest BCUT2D eigenvalue weighted by Crippen LogP contribution is 2.18. The third-order valence-electron chi connectivity index (χ3n) is 2.05. The molecule has 1 aromatic carbocycles. The smallest absolute Gasteiger partial charge is 0.122 e. The van der Waals surface area contributed by atoms with E-state index in [0.717, 1.165) is 17.7 Å². The summed E-state index contributed by atoms with van der Waals surface area (Å²) in [5.41, 5.74) is 2.39. The summed E-state index contributed by atoms with van der Waals surface area (Å²) in [4.78, 5) is 0. The fourth-order valence-corrected chi connectivity index (χ4v) is 1.46. The van der Waals surface area contributed by atoms with Crippen molar-refractivity contribution in [2.75, 3.05) is 25.2 Å². The normalized spacial score (nSPS) is 10.3. The molecule has 0 bridgehead atoms. The summed E-state index contributed by atoms with van der Waals surface area (Å²) in [6, 6.07) is 6.22. The fraction of sp³-hybridized carbons (Fsp3) is 0.500. The van der Waals surface area contributed by atoms with Crippen LogP contribution in [-0.4, -0.2) is 25.2 Å². The van der Waals surface area contributed by atoms with Crippen LogP contribution < -0.4 is 4.74 Å². The van der Waals surface area contributed by atoms with E-state index < -0.39 is 0 Å². The molecule has 0 amide bonds. The molecule has 0 heterocycles. The molecule has 1 aromatic rings. The standard InChI is InChI=1S/C12H17BrO2/c1-10-3-4-11(2)12(9-10)15-8-7-14-6-5-13/h3-4,9H,5-8H2,1-2H3. The molecule has 2 nitrogen and oxygen atoms in total. The summed E-state index contributed by atoms with van der Waals surface area (Å²) in [6.45, 7) is 6.09. The van der Waals surface area contributed by atoms with Gasteiger partial charge in [0, 0.05) is 5.33 Å². The number of alkyl halides is 1. The number of halogens is 1. The van der Waals surface area contributed by atoms with Gasteiger partial charge in [-0.3, -0.25) is 0 Å². The van der Waals surface area contributed by atoms with Crippen LogP contribution in [-0.2, 0) is 4.74 Å². The Morgan fingerprint density at radius 3 is 2.67 bits per heavy atom. The zero-order valence-electron chi connectivity index (χ0n) is 9.25. The molecule has 0 aliphatic carbocycles. The van der Waals surface area contributed by atoms with Crippen molar-refractivity contribution in [2.45, 2.75) is 13.8 Å². The molecule has 0 saturated carbocycles. The Labute approximate surface area is 99.7 Å². The number of ether oxygens (including phenoxy) is 2. The Morgan fingerprint density at radius 2 is 1.93 bits per heavy atom. The van der Waals surface area contributed by atoms with Crippen LogP contribution in [0.3, 0.4) is 0 Å². The lowest BCUT2D eigenvalue weighted by Crippen LogP contribution is -2.08. The van der Waals surface area contributed by atoms with Crippen LogP contribution >= 0.6 is 15.9 Å². The molecule has 0 aromatic heterocycles. The van der Waals surface area contributed by atoms with Crippen molar-refractivity contribution >= 4 is 15.9 Å². The van der Waals surface area contributed by atoms with E-state index in [1.165, 1.54) is 11.1 Å². The number of hydrogen-bond acceptors (Lipinski definition) is 2. The quantitative estimate of drug-likeness (QED) is 0.585. The van der Waals surface area contributed by atoms with Crippen LogP contribution in [0.4, 0.5) is 0 Å². The molecule has 0 N–H and O–H groups in total. The van der Waals surface area contributed by atoms with Crippen molar-refractivity contribution < 1.29 is 9.47 Å². The molecule has 84 valence electrons. The van der Waals surface area contributed by atoms with Gasteiger partial charge in [-0.2, -0.15) is 0 Å². The summed E-state index contributed by atoms with van der Waals surface area (Å²) in [6.07, 6.45) is 0. The molecule has 0 saturated heterocycles. The van der Waals surface area contributed by atoms with Crippen molar-refractivity contribution in [2.24, 2.45) is 0 Å². The monoisotopic (exact) mass is 272 g/mol. The van der Waals surface area contributed by atoms with Gasteiger partial charge in [-0.25, -0.2) is 0 Å². The second-order valence-corrected chi connectivity index (χ2v) is 4.21. The molecule has 1 rings (SSSR count).